The lowest BCUT2D eigenvalue weighted by molar-refractivity contribution is -0.132. The van der Waals surface area contributed by atoms with Crippen molar-refractivity contribution in [2.75, 3.05) is 26.2 Å². The Labute approximate surface area is 161 Å². The maximum absolute atomic E-state index is 12.7. The first-order chi connectivity index (χ1) is 12.8. The molecule has 0 unspecified atom stereocenters. The molecule has 0 aliphatic carbocycles. The van der Waals surface area contributed by atoms with Crippen LogP contribution in [0.1, 0.15) is 10.4 Å². The normalized spacial score (nSPS) is 15.3. The first kappa shape index (κ1) is 17.4. The molecular weight excluding hydrogens is 362 g/mol. The molecule has 1 fully saturated rings. The van der Waals surface area contributed by atoms with Crippen molar-refractivity contribution in [2.45, 2.75) is 13.0 Å². The van der Waals surface area contributed by atoms with Crippen LogP contribution in [0.15, 0.2) is 53.4 Å². The molecule has 4 nitrogen and oxygen atoms in total. The fourth-order valence-electron chi connectivity index (χ4n) is 3.26. The van der Waals surface area contributed by atoms with E-state index in [0.717, 1.165) is 48.2 Å². The molecule has 0 saturated carbocycles. The number of amides is 1. The van der Waals surface area contributed by atoms with Crippen LogP contribution in [-0.4, -0.2) is 46.9 Å². The lowest BCUT2D eigenvalue weighted by Crippen LogP contribution is -2.48. The number of benzene rings is 1. The van der Waals surface area contributed by atoms with Crippen molar-refractivity contribution in [1.82, 2.24) is 14.8 Å². The van der Waals surface area contributed by atoms with Crippen LogP contribution in [0.5, 0.6) is 0 Å². The van der Waals surface area contributed by atoms with Gasteiger partial charge in [-0.1, -0.05) is 36.4 Å². The van der Waals surface area contributed by atoms with Crippen LogP contribution < -0.4 is 0 Å². The largest absolute Gasteiger partial charge is 0.340 e. The third-order valence-corrected chi connectivity index (χ3v) is 6.39. The molecule has 0 spiro atoms. The Bertz CT molecular complexity index is 837. The summed E-state index contributed by atoms with van der Waals surface area (Å²) in [5.41, 5.74) is 4.15. The van der Waals surface area contributed by atoms with Crippen LogP contribution in [0.2, 0.25) is 0 Å². The topological polar surface area (TPSA) is 36.4 Å². The van der Waals surface area contributed by atoms with Crippen molar-refractivity contribution in [3.63, 3.8) is 0 Å². The standard InChI is InChI=1S/C20H21N3OS2/c24-19(13-18-20(21-15-26-18)17-7-4-12-25-17)23-10-8-22(9-11-23)14-16-5-2-1-3-6-16/h1-7,12,15H,8-11,13-14H2. The third kappa shape index (κ3) is 4.03. The van der Waals surface area contributed by atoms with Gasteiger partial charge in [-0.2, -0.15) is 0 Å². The average Bonchev–Trinajstić information content (AvgIpc) is 3.34. The zero-order valence-corrected chi connectivity index (χ0v) is 16.1. The lowest BCUT2D eigenvalue weighted by atomic mass is 10.2. The van der Waals surface area contributed by atoms with Crippen molar-refractivity contribution >= 4 is 28.6 Å². The molecule has 0 N–H and O–H groups in total. The average molecular weight is 384 g/mol. The van der Waals surface area contributed by atoms with Gasteiger partial charge in [-0.25, -0.2) is 4.98 Å². The molecule has 1 amide bonds. The summed E-state index contributed by atoms with van der Waals surface area (Å²) >= 11 is 3.25. The lowest BCUT2D eigenvalue weighted by Gasteiger charge is -2.34. The van der Waals surface area contributed by atoms with E-state index >= 15 is 0 Å². The van der Waals surface area contributed by atoms with Gasteiger partial charge in [0.2, 0.25) is 5.91 Å². The summed E-state index contributed by atoms with van der Waals surface area (Å²) in [6.45, 7) is 4.43. The molecule has 6 heteroatoms. The SMILES string of the molecule is O=C(Cc1scnc1-c1cccs1)N1CCN(Cc2ccccc2)CC1. The van der Waals surface area contributed by atoms with E-state index < -0.39 is 0 Å². The quantitative estimate of drug-likeness (QED) is 0.673. The second-order valence-corrected chi connectivity index (χ2v) is 8.31. The summed E-state index contributed by atoms with van der Waals surface area (Å²) < 4.78 is 0. The summed E-state index contributed by atoms with van der Waals surface area (Å²) in [5.74, 6) is 0.214. The Morgan fingerprint density at radius 2 is 1.81 bits per heavy atom. The van der Waals surface area contributed by atoms with E-state index in [2.05, 4.69) is 40.2 Å². The highest BCUT2D eigenvalue weighted by Gasteiger charge is 2.23. The molecular formula is C20H21N3OS2. The second kappa shape index (κ2) is 8.12. The van der Waals surface area contributed by atoms with Crippen molar-refractivity contribution < 1.29 is 4.79 Å². The van der Waals surface area contributed by atoms with Gasteiger partial charge in [-0.05, 0) is 17.0 Å². The van der Waals surface area contributed by atoms with Crippen LogP contribution >= 0.6 is 22.7 Å². The van der Waals surface area contributed by atoms with Crippen LogP contribution in [0, 0.1) is 0 Å². The second-order valence-electron chi connectivity index (χ2n) is 6.42. The van der Waals surface area contributed by atoms with Gasteiger partial charge in [0.25, 0.3) is 0 Å². The summed E-state index contributed by atoms with van der Waals surface area (Å²) in [4.78, 5) is 23.8. The third-order valence-electron chi connectivity index (χ3n) is 4.68. The van der Waals surface area contributed by atoms with E-state index in [1.54, 1.807) is 22.7 Å². The highest BCUT2D eigenvalue weighted by molar-refractivity contribution is 7.14. The molecule has 4 rings (SSSR count). The van der Waals surface area contributed by atoms with Gasteiger partial charge in [-0.3, -0.25) is 9.69 Å². The fourth-order valence-corrected chi connectivity index (χ4v) is 4.84. The maximum atomic E-state index is 12.7. The summed E-state index contributed by atoms with van der Waals surface area (Å²) in [5, 5.41) is 2.05. The van der Waals surface area contributed by atoms with Crippen molar-refractivity contribution in [1.29, 1.82) is 0 Å². The monoisotopic (exact) mass is 383 g/mol. The molecule has 0 radical (unpaired) electrons. The fraction of sp³-hybridized carbons (Fsp3) is 0.300. The minimum absolute atomic E-state index is 0.214. The number of aromatic nitrogens is 1. The van der Waals surface area contributed by atoms with E-state index in [4.69, 9.17) is 0 Å². The predicted octanol–water partition coefficient (Wildman–Crippen LogP) is 3.76. The zero-order chi connectivity index (χ0) is 17.8. The van der Waals surface area contributed by atoms with Gasteiger partial charge in [0.15, 0.2) is 0 Å². The van der Waals surface area contributed by atoms with Gasteiger partial charge in [-0.15, -0.1) is 22.7 Å². The smallest absolute Gasteiger partial charge is 0.227 e. The minimum atomic E-state index is 0.214. The first-order valence-electron chi connectivity index (χ1n) is 8.80. The number of piperazine rings is 1. The number of hydrogen-bond donors (Lipinski definition) is 0. The highest BCUT2D eigenvalue weighted by atomic mass is 32.1. The Morgan fingerprint density at radius 1 is 1.00 bits per heavy atom. The van der Waals surface area contributed by atoms with Crippen LogP contribution in [0.4, 0.5) is 0 Å². The minimum Gasteiger partial charge on any atom is -0.340 e. The van der Waals surface area contributed by atoms with Crippen molar-refractivity contribution in [3.05, 3.63) is 63.8 Å². The molecule has 3 heterocycles. The number of carbonyl (C=O) groups excluding carboxylic acids is 1. The summed E-state index contributed by atoms with van der Waals surface area (Å²) in [7, 11) is 0. The number of hydrogen-bond acceptors (Lipinski definition) is 5. The number of thiazole rings is 1. The molecule has 1 aromatic carbocycles. The van der Waals surface area contributed by atoms with Crippen LogP contribution in [-0.2, 0) is 17.8 Å². The Kier molecular flexibility index (Phi) is 5.43. The van der Waals surface area contributed by atoms with Crippen molar-refractivity contribution in [2.24, 2.45) is 0 Å². The molecule has 2 aromatic heterocycles. The van der Waals surface area contributed by atoms with Crippen molar-refractivity contribution in [3.8, 4) is 10.6 Å². The van der Waals surface area contributed by atoms with Gasteiger partial charge >= 0.3 is 0 Å². The Morgan fingerprint density at radius 3 is 2.54 bits per heavy atom. The van der Waals surface area contributed by atoms with E-state index in [0.29, 0.717) is 6.42 Å². The van der Waals surface area contributed by atoms with E-state index in [1.807, 2.05) is 27.9 Å². The van der Waals surface area contributed by atoms with E-state index in [-0.39, 0.29) is 5.91 Å². The molecule has 134 valence electrons. The molecule has 0 bridgehead atoms. The van der Waals surface area contributed by atoms with Gasteiger partial charge in [0.05, 0.1) is 22.5 Å². The molecule has 0 atom stereocenters. The predicted molar refractivity (Wildman–Crippen MR) is 107 cm³/mol. The van der Waals surface area contributed by atoms with E-state index in [1.165, 1.54) is 5.56 Å². The number of carbonyl (C=O) groups is 1. The van der Waals surface area contributed by atoms with Gasteiger partial charge in [0.1, 0.15) is 0 Å². The highest BCUT2D eigenvalue weighted by Crippen LogP contribution is 2.29. The molecule has 3 aromatic rings. The first-order valence-corrected chi connectivity index (χ1v) is 10.6. The van der Waals surface area contributed by atoms with Crippen LogP contribution in [0.25, 0.3) is 10.6 Å². The van der Waals surface area contributed by atoms with Crippen LogP contribution in [0.3, 0.4) is 0 Å². The zero-order valence-electron chi connectivity index (χ0n) is 14.5. The molecule has 1 saturated heterocycles. The Hall–Kier alpha value is -2.02. The Balaban J connectivity index is 1.32. The summed E-state index contributed by atoms with van der Waals surface area (Å²) in [6, 6.07) is 14.6. The maximum Gasteiger partial charge on any atom is 0.227 e. The number of rotatable bonds is 5. The molecule has 1 aliphatic heterocycles. The molecule has 26 heavy (non-hydrogen) atoms. The summed E-state index contributed by atoms with van der Waals surface area (Å²) in [6.07, 6.45) is 0.455. The van der Waals surface area contributed by atoms with Gasteiger partial charge < -0.3 is 4.90 Å². The number of nitrogens with zero attached hydrogens (tertiary/aromatic N) is 3. The number of thiophene rings is 1. The molecule has 1 aliphatic rings. The van der Waals surface area contributed by atoms with Gasteiger partial charge in [0, 0.05) is 37.6 Å². The van der Waals surface area contributed by atoms with E-state index in [9.17, 15) is 4.79 Å².